The Hall–Kier alpha value is -2.12. The third-order valence-electron chi connectivity index (χ3n) is 3.92. The zero-order chi connectivity index (χ0) is 16.3. The van der Waals surface area contributed by atoms with Crippen LogP contribution in [0.3, 0.4) is 0 Å². The van der Waals surface area contributed by atoms with E-state index in [9.17, 15) is 24.9 Å². The molecule has 1 aromatic rings. The predicted molar refractivity (Wildman–Crippen MR) is 76.5 cm³/mol. The molecule has 7 nitrogen and oxygen atoms in total. The minimum atomic E-state index is -0.646. The number of phenolic OH excluding ortho intramolecular Hbond substituents is 1. The summed E-state index contributed by atoms with van der Waals surface area (Å²) >= 11 is 0. The number of ether oxygens (including phenoxy) is 1. The van der Waals surface area contributed by atoms with E-state index < -0.39 is 5.97 Å². The number of aliphatic hydroxyl groups is 2. The molecular weight excluding hydrogens is 290 g/mol. The normalized spacial score (nSPS) is 21.0. The molecule has 0 saturated carbocycles. The van der Waals surface area contributed by atoms with Crippen molar-refractivity contribution in [2.75, 3.05) is 33.4 Å². The van der Waals surface area contributed by atoms with Crippen LogP contribution in [0.25, 0.3) is 0 Å². The number of hydrogen-bond donors (Lipinski definition) is 3. The molecule has 1 heterocycles. The fourth-order valence-corrected chi connectivity index (χ4v) is 2.67. The van der Waals surface area contributed by atoms with Crippen molar-refractivity contribution in [3.8, 4) is 5.75 Å². The highest BCUT2D eigenvalue weighted by atomic mass is 16.5. The average Bonchev–Trinajstić information content (AvgIpc) is 2.96. The molecule has 120 valence electrons. The van der Waals surface area contributed by atoms with Gasteiger partial charge < -0.3 is 25.0 Å². The molecule has 1 amide bonds. The van der Waals surface area contributed by atoms with Gasteiger partial charge in [-0.1, -0.05) is 0 Å². The van der Waals surface area contributed by atoms with Crippen molar-refractivity contribution < 1.29 is 29.6 Å². The number of likely N-dealkylation sites (tertiary alicyclic amines) is 1. The molecule has 1 saturated heterocycles. The van der Waals surface area contributed by atoms with Crippen molar-refractivity contribution in [1.29, 1.82) is 0 Å². The number of esters is 1. The summed E-state index contributed by atoms with van der Waals surface area (Å²) in [4.78, 5) is 25.5. The van der Waals surface area contributed by atoms with Gasteiger partial charge in [0, 0.05) is 43.7 Å². The number of aliphatic hydroxyl groups excluding tert-OH is 2. The molecule has 0 aliphatic carbocycles. The van der Waals surface area contributed by atoms with Crippen LogP contribution < -0.4 is 0 Å². The van der Waals surface area contributed by atoms with Gasteiger partial charge in [-0.3, -0.25) is 4.79 Å². The summed E-state index contributed by atoms with van der Waals surface area (Å²) in [6, 6.07) is 3.85. The van der Waals surface area contributed by atoms with E-state index in [2.05, 4.69) is 4.74 Å². The fourth-order valence-electron chi connectivity index (χ4n) is 2.67. The maximum atomic E-state index is 12.5. The maximum absolute atomic E-state index is 12.5. The molecule has 0 radical (unpaired) electrons. The van der Waals surface area contributed by atoms with Crippen molar-refractivity contribution in [1.82, 2.24) is 4.90 Å². The quantitative estimate of drug-likeness (QED) is 0.668. The van der Waals surface area contributed by atoms with E-state index in [1.807, 2.05) is 0 Å². The Morgan fingerprint density at radius 2 is 1.68 bits per heavy atom. The molecule has 1 fully saturated rings. The van der Waals surface area contributed by atoms with Crippen LogP contribution in [0, 0.1) is 11.8 Å². The molecule has 0 aromatic heterocycles. The van der Waals surface area contributed by atoms with Crippen LogP contribution in [-0.2, 0) is 4.74 Å². The van der Waals surface area contributed by atoms with Gasteiger partial charge in [0.05, 0.1) is 12.7 Å². The number of carbonyl (C=O) groups excluding carboxylic acids is 2. The molecule has 1 aromatic carbocycles. The van der Waals surface area contributed by atoms with Crippen LogP contribution in [0.1, 0.15) is 20.7 Å². The van der Waals surface area contributed by atoms with E-state index in [-0.39, 0.29) is 47.8 Å². The largest absolute Gasteiger partial charge is 0.508 e. The van der Waals surface area contributed by atoms with E-state index >= 15 is 0 Å². The first-order chi connectivity index (χ1) is 10.5. The number of rotatable bonds is 4. The predicted octanol–water partition coefficient (Wildman–Crippen LogP) is -0.148. The number of carbonyl (C=O) groups is 2. The number of methoxy groups -OCH3 is 1. The Morgan fingerprint density at radius 1 is 1.14 bits per heavy atom. The zero-order valence-corrected chi connectivity index (χ0v) is 12.2. The lowest BCUT2D eigenvalue weighted by atomic mass is 9.98. The van der Waals surface area contributed by atoms with Crippen LogP contribution in [-0.4, -0.2) is 65.5 Å². The van der Waals surface area contributed by atoms with E-state index in [1.54, 1.807) is 0 Å². The fraction of sp³-hybridized carbons (Fsp3) is 0.467. The number of amides is 1. The molecule has 0 spiro atoms. The molecule has 7 heteroatoms. The second kappa shape index (κ2) is 6.76. The smallest absolute Gasteiger partial charge is 0.338 e. The topological polar surface area (TPSA) is 107 Å². The lowest BCUT2D eigenvalue weighted by Gasteiger charge is -2.17. The Balaban J connectivity index is 2.23. The minimum Gasteiger partial charge on any atom is -0.508 e. The Bertz CT molecular complexity index is 561. The highest BCUT2D eigenvalue weighted by molar-refractivity contribution is 5.98. The van der Waals surface area contributed by atoms with E-state index in [4.69, 9.17) is 0 Å². The van der Waals surface area contributed by atoms with Gasteiger partial charge in [0.1, 0.15) is 5.75 Å². The van der Waals surface area contributed by atoms with Gasteiger partial charge in [-0.2, -0.15) is 0 Å². The summed E-state index contributed by atoms with van der Waals surface area (Å²) in [5.41, 5.74) is 0.248. The molecular formula is C15H19NO6. The third kappa shape index (κ3) is 3.20. The van der Waals surface area contributed by atoms with Crippen molar-refractivity contribution in [2.45, 2.75) is 0 Å². The monoisotopic (exact) mass is 309 g/mol. The summed E-state index contributed by atoms with van der Waals surface area (Å²) in [5, 5.41) is 28.2. The molecule has 22 heavy (non-hydrogen) atoms. The lowest BCUT2D eigenvalue weighted by Crippen LogP contribution is -2.29. The van der Waals surface area contributed by atoms with E-state index in [0.717, 1.165) is 0 Å². The number of aromatic hydroxyl groups is 1. The average molecular weight is 309 g/mol. The lowest BCUT2D eigenvalue weighted by molar-refractivity contribution is 0.0600. The SMILES string of the molecule is COC(=O)c1cc(O)cc(C(=O)N2C[C@@H](CO)[C@H](CO)C2)c1. The van der Waals surface area contributed by atoms with Gasteiger partial charge in [0.15, 0.2) is 0 Å². The highest BCUT2D eigenvalue weighted by Gasteiger charge is 2.34. The van der Waals surface area contributed by atoms with E-state index in [0.29, 0.717) is 13.1 Å². The van der Waals surface area contributed by atoms with Crippen LogP contribution >= 0.6 is 0 Å². The van der Waals surface area contributed by atoms with Crippen molar-refractivity contribution in [2.24, 2.45) is 11.8 Å². The first kappa shape index (κ1) is 16.3. The van der Waals surface area contributed by atoms with Gasteiger partial charge in [-0.05, 0) is 18.2 Å². The second-order valence-electron chi connectivity index (χ2n) is 5.36. The standard InChI is InChI=1S/C15H19NO6/c1-22-15(21)10-2-9(3-13(19)4-10)14(20)16-5-11(7-17)12(6-16)8-18/h2-4,11-12,17-19H,5-8H2,1H3/t11-,12-/m0/s1. The van der Waals surface area contributed by atoms with Crippen LogP contribution in [0.5, 0.6) is 5.75 Å². The van der Waals surface area contributed by atoms with Gasteiger partial charge >= 0.3 is 5.97 Å². The van der Waals surface area contributed by atoms with Crippen LogP contribution in [0.15, 0.2) is 18.2 Å². The second-order valence-corrected chi connectivity index (χ2v) is 5.36. The summed E-state index contributed by atoms with van der Waals surface area (Å²) in [6.45, 7) is 0.429. The summed E-state index contributed by atoms with van der Waals surface area (Å²) in [7, 11) is 1.21. The molecule has 1 aliphatic rings. The molecule has 2 rings (SSSR count). The first-order valence-electron chi connectivity index (χ1n) is 6.93. The Labute approximate surface area is 127 Å². The number of nitrogens with zero attached hydrogens (tertiary/aromatic N) is 1. The number of benzene rings is 1. The Morgan fingerprint density at radius 3 is 2.18 bits per heavy atom. The van der Waals surface area contributed by atoms with Gasteiger partial charge in [0.2, 0.25) is 0 Å². The van der Waals surface area contributed by atoms with Crippen LogP contribution in [0.2, 0.25) is 0 Å². The number of hydrogen-bond acceptors (Lipinski definition) is 6. The van der Waals surface area contributed by atoms with Crippen LogP contribution in [0.4, 0.5) is 0 Å². The zero-order valence-electron chi connectivity index (χ0n) is 12.2. The summed E-state index contributed by atoms with van der Waals surface area (Å²) < 4.78 is 4.58. The van der Waals surface area contributed by atoms with E-state index in [1.165, 1.54) is 30.2 Å². The molecule has 3 N–H and O–H groups in total. The van der Waals surface area contributed by atoms with Gasteiger partial charge in [-0.15, -0.1) is 0 Å². The first-order valence-corrected chi connectivity index (χ1v) is 6.93. The van der Waals surface area contributed by atoms with Crippen molar-refractivity contribution in [3.05, 3.63) is 29.3 Å². The summed E-state index contributed by atoms with van der Waals surface area (Å²) in [5.74, 6) is -1.57. The molecule has 2 atom stereocenters. The summed E-state index contributed by atoms with van der Waals surface area (Å²) in [6.07, 6.45) is 0. The van der Waals surface area contributed by atoms with Crippen molar-refractivity contribution >= 4 is 11.9 Å². The van der Waals surface area contributed by atoms with Gasteiger partial charge in [0.25, 0.3) is 5.91 Å². The molecule has 0 bridgehead atoms. The van der Waals surface area contributed by atoms with Crippen molar-refractivity contribution in [3.63, 3.8) is 0 Å². The molecule has 0 unspecified atom stereocenters. The third-order valence-corrected chi connectivity index (χ3v) is 3.92. The van der Waals surface area contributed by atoms with Gasteiger partial charge in [-0.25, -0.2) is 4.79 Å². The maximum Gasteiger partial charge on any atom is 0.338 e. The Kier molecular flexibility index (Phi) is 4.99. The molecule has 1 aliphatic heterocycles. The minimum absolute atomic E-state index is 0.0856. The highest BCUT2D eigenvalue weighted by Crippen LogP contribution is 2.25. The number of phenols is 1.